The number of amides is 4. The van der Waals surface area contributed by atoms with E-state index >= 15 is 0 Å². The summed E-state index contributed by atoms with van der Waals surface area (Å²) in [5, 5.41) is 14.0. The summed E-state index contributed by atoms with van der Waals surface area (Å²) in [5.74, 6) is 0.422. The molecule has 0 bridgehead atoms. The number of thioether (sulfide) groups is 1. The van der Waals surface area contributed by atoms with Crippen LogP contribution in [-0.2, 0) is 16.0 Å². The molecule has 4 amide bonds. The van der Waals surface area contributed by atoms with Crippen LogP contribution < -0.4 is 16.0 Å². The van der Waals surface area contributed by atoms with Gasteiger partial charge in [0.15, 0.2) is 0 Å². The number of thiophene rings is 1. The predicted molar refractivity (Wildman–Crippen MR) is 163 cm³/mol. The summed E-state index contributed by atoms with van der Waals surface area (Å²) >= 11 is 3.02. The van der Waals surface area contributed by atoms with Crippen molar-refractivity contribution in [3.8, 4) is 0 Å². The van der Waals surface area contributed by atoms with Gasteiger partial charge in [0.25, 0.3) is 5.91 Å². The molecule has 3 N–H and O–H groups in total. The second kappa shape index (κ2) is 14.7. The minimum absolute atomic E-state index is 0.0187. The van der Waals surface area contributed by atoms with Crippen molar-refractivity contribution in [1.82, 2.24) is 20.1 Å². The number of hydrogen-bond acceptors (Lipinski definition) is 9. The first-order valence-corrected chi connectivity index (χ1v) is 15.6. The van der Waals surface area contributed by atoms with E-state index in [1.165, 1.54) is 11.3 Å². The van der Waals surface area contributed by atoms with Gasteiger partial charge in [-0.25, -0.2) is 9.59 Å². The molecule has 11 nitrogen and oxygen atoms in total. The molecule has 2 aromatic heterocycles. The Morgan fingerprint density at radius 3 is 2.56 bits per heavy atom. The van der Waals surface area contributed by atoms with Crippen molar-refractivity contribution in [2.24, 2.45) is 0 Å². The van der Waals surface area contributed by atoms with E-state index in [1.807, 2.05) is 17.6 Å². The first-order valence-electron chi connectivity index (χ1n) is 13.6. The first-order chi connectivity index (χ1) is 19.7. The zero-order valence-electron chi connectivity index (χ0n) is 23.7. The van der Waals surface area contributed by atoms with Crippen LogP contribution in [0.25, 0.3) is 0 Å². The number of urea groups is 1. The highest BCUT2D eigenvalue weighted by atomic mass is 32.2. The van der Waals surface area contributed by atoms with Crippen LogP contribution in [0.5, 0.6) is 0 Å². The molecule has 1 fully saturated rings. The Labute approximate surface area is 249 Å². The van der Waals surface area contributed by atoms with E-state index in [9.17, 15) is 14.4 Å². The highest BCUT2D eigenvalue weighted by Crippen LogP contribution is 2.27. The first kappa shape index (κ1) is 30.8. The fraction of sp³-hybridized carbons (Fsp3) is 0.500. The summed E-state index contributed by atoms with van der Waals surface area (Å²) in [5.41, 5.74) is 1.31. The summed E-state index contributed by atoms with van der Waals surface area (Å²) in [6.07, 6.45) is 3.87. The minimum atomic E-state index is -0.638. The molecule has 2 aromatic rings. The van der Waals surface area contributed by atoms with Crippen molar-refractivity contribution in [1.29, 1.82) is 0 Å². The van der Waals surface area contributed by atoms with Gasteiger partial charge in [-0.2, -0.15) is 0 Å². The lowest BCUT2D eigenvalue weighted by molar-refractivity contribution is 0.0364. The third-order valence-corrected chi connectivity index (χ3v) is 7.91. The van der Waals surface area contributed by atoms with E-state index in [-0.39, 0.29) is 17.8 Å². The number of rotatable bonds is 10. The fourth-order valence-electron chi connectivity index (χ4n) is 4.23. The molecule has 1 saturated heterocycles. The van der Waals surface area contributed by atoms with Gasteiger partial charge in [0, 0.05) is 55.4 Å². The third-order valence-electron chi connectivity index (χ3n) is 6.26. The Balaban J connectivity index is 1.34. The Bertz CT molecular complexity index is 1210. The number of nitrogens with zero attached hydrogens (tertiary/aromatic N) is 3. The average Bonchev–Trinajstić information content (AvgIpc) is 3.60. The maximum absolute atomic E-state index is 13.1. The lowest BCUT2D eigenvalue weighted by atomic mass is 10.2. The summed E-state index contributed by atoms with van der Waals surface area (Å²) < 4.78 is 10.7. The van der Waals surface area contributed by atoms with Crippen LogP contribution in [0.2, 0.25) is 0 Å². The largest absolute Gasteiger partial charge is 0.444 e. The summed E-state index contributed by atoms with van der Waals surface area (Å²) in [6.45, 7) is 10.5. The zero-order chi connectivity index (χ0) is 29.2. The summed E-state index contributed by atoms with van der Waals surface area (Å²) in [6, 6.07) is 3.35. The smallest absolute Gasteiger partial charge is 0.412 e. The van der Waals surface area contributed by atoms with E-state index in [4.69, 9.17) is 9.47 Å². The highest BCUT2D eigenvalue weighted by Gasteiger charge is 2.21. The fourth-order valence-corrected chi connectivity index (χ4v) is 5.76. The maximum atomic E-state index is 13.1. The Hall–Kier alpha value is -3.13. The second-order valence-electron chi connectivity index (χ2n) is 10.8. The van der Waals surface area contributed by atoms with E-state index in [0.29, 0.717) is 24.5 Å². The molecule has 41 heavy (non-hydrogen) atoms. The molecular formula is C28H38N6O5S2. The number of carbonyl (C=O) groups is 3. The normalized spacial score (nSPS) is 17.2. The van der Waals surface area contributed by atoms with Gasteiger partial charge in [-0.3, -0.25) is 20.0 Å². The zero-order valence-corrected chi connectivity index (χ0v) is 25.3. The molecule has 4 heterocycles. The molecule has 0 saturated carbocycles. The van der Waals surface area contributed by atoms with Gasteiger partial charge in [-0.1, -0.05) is 12.1 Å². The molecule has 2 aliphatic heterocycles. The Kier molecular flexibility index (Phi) is 11.0. The Morgan fingerprint density at radius 1 is 1.15 bits per heavy atom. The van der Waals surface area contributed by atoms with Gasteiger partial charge < -0.3 is 25.0 Å². The second-order valence-corrected chi connectivity index (χ2v) is 12.5. The number of morpholine rings is 1. The SMILES string of the molecule is CC(C)(C)OC(=O)Nc1cscc1NC(=O)c1ccc(CN(CCCN2CCOCC2)C(=O)NC2C=CSC2)cn1. The van der Waals surface area contributed by atoms with E-state index < -0.39 is 17.6 Å². The third kappa shape index (κ3) is 10.0. The molecule has 222 valence electrons. The average molecular weight is 603 g/mol. The van der Waals surface area contributed by atoms with Crippen molar-refractivity contribution in [3.05, 3.63) is 51.8 Å². The van der Waals surface area contributed by atoms with E-state index in [1.54, 1.807) is 60.5 Å². The maximum Gasteiger partial charge on any atom is 0.412 e. The van der Waals surface area contributed by atoms with Crippen LogP contribution in [0.15, 0.2) is 40.6 Å². The molecular weight excluding hydrogens is 564 g/mol. The van der Waals surface area contributed by atoms with Gasteiger partial charge in [0.1, 0.15) is 11.3 Å². The van der Waals surface area contributed by atoms with Crippen LogP contribution in [0, 0.1) is 0 Å². The number of pyridine rings is 1. The summed E-state index contributed by atoms with van der Waals surface area (Å²) in [4.78, 5) is 46.7. The van der Waals surface area contributed by atoms with Crippen molar-refractivity contribution in [2.45, 2.75) is 45.4 Å². The predicted octanol–water partition coefficient (Wildman–Crippen LogP) is 4.61. The monoisotopic (exact) mass is 602 g/mol. The molecule has 1 atom stereocenters. The number of hydrogen-bond donors (Lipinski definition) is 3. The van der Waals surface area contributed by atoms with Crippen molar-refractivity contribution in [2.75, 3.05) is 55.8 Å². The van der Waals surface area contributed by atoms with Crippen LogP contribution in [0.1, 0.15) is 43.2 Å². The molecule has 1 unspecified atom stereocenters. The lowest BCUT2D eigenvalue weighted by Gasteiger charge is -2.29. The number of carbonyl (C=O) groups excluding carboxylic acids is 3. The van der Waals surface area contributed by atoms with E-state index in [0.717, 1.165) is 50.6 Å². The molecule has 4 rings (SSSR count). The quantitative estimate of drug-likeness (QED) is 0.360. The number of anilines is 2. The lowest BCUT2D eigenvalue weighted by Crippen LogP contribution is -2.45. The number of aromatic nitrogens is 1. The van der Waals surface area contributed by atoms with Crippen LogP contribution in [0.3, 0.4) is 0 Å². The number of nitrogens with one attached hydrogen (secondary N) is 3. The van der Waals surface area contributed by atoms with Crippen LogP contribution in [0.4, 0.5) is 21.0 Å². The molecule has 0 aromatic carbocycles. The van der Waals surface area contributed by atoms with Crippen molar-refractivity contribution in [3.63, 3.8) is 0 Å². The molecule has 0 radical (unpaired) electrons. The minimum Gasteiger partial charge on any atom is -0.444 e. The summed E-state index contributed by atoms with van der Waals surface area (Å²) in [7, 11) is 0. The van der Waals surface area contributed by atoms with Crippen molar-refractivity contribution >= 4 is 52.5 Å². The van der Waals surface area contributed by atoms with Crippen molar-refractivity contribution < 1.29 is 23.9 Å². The topological polar surface area (TPSA) is 125 Å². The molecule has 0 spiro atoms. The Morgan fingerprint density at radius 2 is 1.90 bits per heavy atom. The van der Waals surface area contributed by atoms with Gasteiger partial charge in [-0.15, -0.1) is 23.1 Å². The standard InChI is InChI=1S/C28H38N6O5S2/c1-28(2,3)39-27(37)32-24-19-41-18-23(24)31-25(35)22-6-5-20(15-29-22)16-34(26(36)30-21-7-14-40-17-21)9-4-8-33-10-12-38-13-11-33/h5-7,14-15,18-19,21H,4,8-13,16-17H2,1-3H3,(H,30,36)(H,31,35)(H,32,37). The van der Waals surface area contributed by atoms with Gasteiger partial charge in [0.05, 0.1) is 30.6 Å². The van der Waals surface area contributed by atoms with Gasteiger partial charge in [0.2, 0.25) is 0 Å². The van der Waals surface area contributed by atoms with Crippen LogP contribution >= 0.6 is 23.1 Å². The highest BCUT2D eigenvalue weighted by molar-refractivity contribution is 8.02. The van der Waals surface area contributed by atoms with E-state index in [2.05, 4.69) is 25.8 Å². The number of ether oxygens (including phenoxy) is 2. The van der Waals surface area contributed by atoms with Crippen LogP contribution in [-0.4, -0.2) is 89.6 Å². The molecule has 0 aliphatic carbocycles. The van der Waals surface area contributed by atoms with Gasteiger partial charge >= 0.3 is 12.1 Å². The van der Waals surface area contributed by atoms with Gasteiger partial charge in [-0.05, 0) is 44.2 Å². The molecule has 2 aliphatic rings. The molecule has 13 heteroatoms.